The minimum Gasteiger partial charge on any atom is -0.143 e. The summed E-state index contributed by atoms with van der Waals surface area (Å²) >= 11 is 9.83. The first-order valence-electron chi connectivity index (χ1n) is 15.4. The van der Waals surface area contributed by atoms with E-state index < -0.39 is 0 Å². The Bertz CT molecular complexity index is 2090. The smallest absolute Gasteiger partial charge is 0.0475 e. The second-order valence-electron chi connectivity index (χ2n) is 13.0. The van der Waals surface area contributed by atoms with Gasteiger partial charge in [0, 0.05) is 76.2 Å². The van der Waals surface area contributed by atoms with Crippen molar-refractivity contribution in [1.29, 1.82) is 0 Å². The van der Waals surface area contributed by atoms with Crippen LogP contribution in [0.4, 0.5) is 0 Å². The normalized spacial score (nSPS) is 12.6. The van der Waals surface area contributed by atoms with E-state index in [-0.39, 0.29) is 5.41 Å². The van der Waals surface area contributed by atoms with Crippen LogP contribution in [0, 0.1) is 5.92 Å². The Morgan fingerprint density at radius 1 is 0.628 bits per heavy atom. The molecule has 0 atom stereocenters. The molecular weight excluding hydrogens is 617 g/mol. The summed E-state index contributed by atoms with van der Waals surface area (Å²) in [6.45, 7) is 16.2. The molecule has 43 heavy (non-hydrogen) atoms. The molecule has 5 heterocycles. The molecule has 0 nitrogen and oxygen atoms in total. The fraction of sp³-hybridized carbons (Fsp3) is 0.316. The quantitative estimate of drug-likeness (QED) is 0.160. The van der Waals surface area contributed by atoms with E-state index in [1.165, 1.54) is 81.8 Å². The minimum atomic E-state index is 0.107. The van der Waals surface area contributed by atoms with E-state index in [1.54, 1.807) is 0 Å². The van der Waals surface area contributed by atoms with Crippen LogP contribution >= 0.6 is 56.7 Å². The van der Waals surface area contributed by atoms with E-state index in [0.29, 0.717) is 5.92 Å². The fourth-order valence-corrected chi connectivity index (χ4v) is 11.5. The zero-order valence-corrected chi connectivity index (χ0v) is 30.1. The van der Waals surface area contributed by atoms with Crippen LogP contribution in [0.15, 0.2) is 60.0 Å². The molecule has 0 aliphatic carbocycles. The summed E-state index contributed by atoms with van der Waals surface area (Å²) in [7, 11) is 0. The molecule has 220 valence electrons. The zero-order chi connectivity index (χ0) is 30.0. The third-order valence-corrected chi connectivity index (χ3v) is 14.7. The van der Waals surface area contributed by atoms with Crippen LogP contribution < -0.4 is 0 Å². The first kappa shape index (κ1) is 29.4. The van der Waals surface area contributed by atoms with Crippen LogP contribution in [-0.4, -0.2) is 0 Å². The number of rotatable bonds is 7. The molecule has 0 spiro atoms. The van der Waals surface area contributed by atoms with E-state index >= 15 is 0 Å². The van der Waals surface area contributed by atoms with Gasteiger partial charge >= 0.3 is 0 Å². The lowest BCUT2D eigenvalue weighted by Crippen LogP contribution is -2.07. The number of aryl methyl sites for hydroxylation is 2. The van der Waals surface area contributed by atoms with Gasteiger partial charge in [0.2, 0.25) is 0 Å². The topological polar surface area (TPSA) is 0 Å². The number of hydrogen-bond acceptors (Lipinski definition) is 5. The lowest BCUT2D eigenvalue weighted by atomic mass is 9.93. The van der Waals surface area contributed by atoms with Gasteiger partial charge in [0.1, 0.15) is 0 Å². The highest BCUT2D eigenvalue weighted by Gasteiger charge is 2.24. The van der Waals surface area contributed by atoms with Gasteiger partial charge in [-0.05, 0) is 96.1 Å². The van der Waals surface area contributed by atoms with Gasteiger partial charge in [-0.3, -0.25) is 0 Å². The summed E-state index contributed by atoms with van der Waals surface area (Å²) < 4.78 is 2.87. The molecule has 0 aliphatic rings. The number of fused-ring (bicyclic) bond motifs is 5. The highest BCUT2D eigenvalue weighted by atomic mass is 32.1. The molecule has 0 amide bonds. The summed E-state index contributed by atoms with van der Waals surface area (Å²) in [5.74, 6) is 0.642. The van der Waals surface area contributed by atoms with Gasteiger partial charge < -0.3 is 0 Å². The van der Waals surface area contributed by atoms with E-state index in [0.717, 1.165) is 19.3 Å². The number of hydrogen-bond donors (Lipinski definition) is 0. The maximum atomic E-state index is 2.53. The molecule has 0 bridgehead atoms. The van der Waals surface area contributed by atoms with Crippen molar-refractivity contribution in [2.24, 2.45) is 5.92 Å². The van der Waals surface area contributed by atoms with Gasteiger partial charge in [0.25, 0.3) is 0 Å². The number of benzene rings is 2. The molecule has 7 rings (SSSR count). The summed E-state index contributed by atoms with van der Waals surface area (Å²) in [5.41, 5.74) is 4.38. The molecule has 0 fully saturated rings. The van der Waals surface area contributed by atoms with Gasteiger partial charge in [0.05, 0.1) is 0 Å². The Kier molecular flexibility index (Phi) is 7.71. The molecule has 0 radical (unpaired) electrons. The minimum absolute atomic E-state index is 0.107. The maximum Gasteiger partial charge on any atom is 0.0475 e. The molecule has 0 saturated heterocycles. The van der Waals surface area contributed by atoms with E-state index in [9.17, 15) is 0 Å². The van der Waals surface area contributed by atoms with Crippen LogP contribution in [0.1, 0.15) is 68.7 Å². The number of thiophene rings is 5. The Morgan fingerprint density at radius 2 is 1.21 bits per heavy atom. The zero-order valence-electron chi connectivity index (χ0n) is 26.0. The highest BCUT2D eigenvalue weighted by molar-refractivity contribution is 7.27. The lowest BCUT2D eigenvalue weighted by Gasteiger charge is -2.15. The van der Waals surface area contributed by atoms with Crippen molar-refractivity contribution >= 4 is 87.6 Å². The average Bonchev–Trinajstić information content (AvgIpc) is 3.80. The van der Waals surface area contributed by atoms with E-state index in [2.05, 4.69) is 108 Å². The summed E-state index contributed by atoms with van der Waals surface area (Å²) in [4.78, 5) is 10.00. The Labute approximate surface area is 275 Å². The summed E-state index contributed by atoms with van der Waals surface area (Å²) in [6, 6.07) is 21.8. The largest absolute Gasteiger partial charge is 0.143 e. The van der Waals surface area contributed by atoms with Gasteiger partial charge in [-0.1, -0.05) is 48.5 Å². The van der Waals surface area contributed by atoms with Crippen molar-refractivity contribution in [2.45, 2.75) is 73.1 Å². The second kappa shape index (κ2) is 11.3. The molecule has 0 saturated carbocycles. The van der Waals surface area contributed by atoms with Crippen LogP contribution in [0.3, 0.4) is 0 Å². The van der Waals surface area contributed by atoms with Gasteiger partial charge in [-0.25, -0.2) is 0 Å². The second-order valence-corrected chi connectivity index (χ2v) is 18.4. The van der Waals surface area contributed by atoms with E-state index in [1.807, 2.05) is 56.7 Å². The Hall–Kier alpha value is -2.28. The van der Waals surface area contributed by atoms with Crippen molar-refractivity contribution in [3.63, 3.8) is 0 Å². The van der Waals surface area contributed by atoms with Crippen molar-refractivity contribution in [3.05, 3.63) is 80.2 Å². The fourth-order valence-electron chi connectivity index (χ4n) is 6.02. The molecule has 7 aromatic rings. The Balaban J connectivity index is 1.59. The van der Waals surface area contributed by atoms with Gasteiger partial charge in [-0.15, -0.1) is 56.7 Å². The molecule has 0 N–H and O–H groups in total. The molecule has 5 aromatic heterocycles. The van der Waals surface area contributed by atoms with Crippen LogP contribution in [0.5, 0.6) is 0 Å². The monoisotopic (exact) mass is 654 g/mol. The van der Waals surface area contributed by atoms with Crippen LogP contribution in [0.25, 0.3) is 61.6 Å². The first-order valence-corrected chi connectivity index (χ1v) is 19.5. The standard InChI is InChI=1S/C38H38S5/c1-8-23-10-12-31(40-23)25-17-28-27(36-29(25)19-33(42-36)35-22(14-15-39-35)16-21(3)4)18-26(32-13-11-24(9-2)41-32)30-20-34(38(5,6)7)43-37(28)30/h10-15,17-21H,8-9,16H2,1-7H3. The van der Waals surface area contributed by atoms with Crippen molar-refractivity contribution < 1.29 is 0 Å². The maximum absolute atomic E-state index is 2.53. The van der Waals surface area contributed by atoms with Gasteiger partial charge in [0.15, 0.2) is 0 Å². The predicted octanol–water partition coefficient (Wildman–Crippen LogP) is 14.1. The average molecular weight is 655 g/mol. The van der Waals surface area contributed by atoms with Gasteiger partial charge in [-0.2, -0.15) is 0 Å². The Morgan fingerprint density at radius 3 is 1.74 bits per heavy atom. The predicted molar refractivity (Wildman–Crippen MR) is 201 cm³/mol. The molecule has 0 unspecified atom stereocenters. The molecule has 2 aromatic carbocycles. The van der Waals surface area contributed by atoms with E-state index in [4.69, 9.17) is 0 Å². The SMILES string of the molecule is CCc1ccc(-c2cc3c(cc(-c4ccc(CC)s4)c4cc(C(C)(C)C)sc43)c3sc(-c4sccc4CC(C)C)cc23)s1. The third-order valence-electron chi connectivity index (χ3n) is 8.29. The van der Waals surface area contributed by atoms with Crippen molar-refractivity contribution in [3.8, 4) is 30.6 Å². The molecule has 5 heteroatoms. The van der Waals surface area contributed by atoms with Crippen molar-refractivity contribution in [1.82, 2.24) is 0 Å². The summed E-state index contributed by atoms with van der Waals surface area (Å²) in [6.07, 6.45) is 3.29. The third kappa shape index (κ3) is 5.25. The van der Waals surface area contributed by atoms with Crippen molar-refractivity contribution in [2.75, 3.05) is 0 Å². The van der Waals surface area contributed by atoms with Crippen LogP contribution in [-0.2, 0) is 24.7 Å². The lowest BCUT2D eigenvalue weighted by molar-refractivity contribution is 0.604. The summed E-state index contributed by atoms with van der Waals surface area (Å²) in [5, 5.41) is 7.90. The molecular formula is C38H38S5. The first-order chi connectivity index (χ1) is 20.6. The highest BCUT2D eigenvalue weighted by Crippen LogP contribution is 2.51. The van der Waals surface area contributed by atoms with Crippen LogP contribution in [0.2, 0.25) is 0 Å². The molecule has 0 aliphatic heterocycles.